The first-order chi connectivity index (χ1) is 5.90. The van der Waals surface area contributed by atoms with Gasteiger partial charge in [0.25, 0.3) is 0 Å². The van der Waals surface area contributed by atoms with Crippen molar-refractivity contribution in [2.75, 3.05) is 6.54 Å². The van der Waals surface area contributed by atoms with E-state index in [1.54, 1.807) is 6.92 Å². The van der Waals surface area contributed by atoms with Crippen molar-refractivity contribution in [1.29, 1.82) is 0 Å². The molecule has 3 N–H and O–H groups in total. The summed E-state index contributed by atoms with van der Waals surface area (Å²) in [5.41, 5.74) is 5.14. The van der Waals surface area contributed by atoms with Crippen molar-refractivity contribution in [3.05, 3.63) is 0 Å². The van der Waals surface area contributed by atoms with Gasteiger partial charge in [-0.1, -0.05) is 27.2 Å². The Bertz CT molecular complexity index is 164. The molecule has 0 aliphatic heterocycles. The lowest BCUT2D eigenvalue weighted by Crippen LogP contribution is -2.52. The fourth-order valence-corrected chi connectivity index (χ4v) is 1.13. The van der Waals surface area contributed by atoms with Gasteiger partial charge in [0.1, 0.15) is 0 Å². The van der Waals surface area contributed by atoms with Crippen molar-refractivity contribution in [3.63, 3.8) is 0 Å². The summed E-state index contributed by atoms with van der Waals surface area (Å²) in [4.78, 5) is 11.5. The second-order valence-corrected chi connectivity index (χ2v) is 4.27. The van der Waals surface area contributed by atoms with Crippen LogP contribution in [0.5, 0.6) is 0 Å². The van der Waals surface area contributed by atoms with Crippen LogP contribution in [0.2, 0.25) is 0 Å². The number of hydrogen-bond donors (Lipinski definition) is 2. The number of rotatable bonds is 5. The molecule has 3 heteroatoms. The van der Waals surface area contributed by atoms with E-state index in [1.807, 2.05) is 6.92 Å². The van der Waals surface area contributed by atoms with E-state index in [4.69, 9.17) is 5.73 Å². The van der Waals surface area contributed by atoms with Crippen LogP contribution in [0.1, 0.15) is 40.5 Å². The van der Waals surface area contributed by atoms with Gasteiger partial charge in [-0.2, -0.15) is 0 Å². The highest BCUT2D eigenvalue weighted by Crippen LogP contribution is 2.08. The van der Waals surface area contributed by atoms with Crippen LogP contribution in [0, 0.1) is 5.92 Å². The third kappa shape index (κ3) is 4.88. The molecule has 1 amide bonds. The monoisotopic (exact) mass is 186 g/mol. The molecule has 0 radical (unpaired) electrons. The molecule has 0 saturated heterocycles. The number of nitrogens with one attached hydrogen (secondary N) is 1. The molecule has 13 heavy (non-hydrogen) atoms. The van der Waals surface area contributed by atoms with Crippen molar-refractivity contribution >= 4 is 5.91 Å². The van der Waals surface area contributed by atoms with Gasteiger partial charge < -0.3 is 11.1 Å². The summed E-state index contributed by atoms with van der Waals surface area (Å²) in [6, 6.07) is 0. The van der Waals surface area contributed by atoms with Gasteiger partial charge in [-0.3, -0.25) is 4.79 Å². The predicted octanol–water partition coefficient (Wildman–Crippen LogP) is 1.28. The molecule has 0 saturated carbocycles. The SMILES string of the molecule is CCCC(C)(N)C(=O)NCC(C)C. The molecule has 0 heterocycles. The molecular formula is C10H22N2O. The topological polar surface area (TPSA) is 55.1 Å². The normalized spacial score (nSPS) is 15.5. The van der Waals surface area contributed by atoms with Gasteiger partial charge in [0, 0.05) is 6.54 Å². The number of hydrogen-bond acceptors (Lipinski definition) is 2. The third-order valence-corrected chi connectivity index (χ3v) is 1.96. The first kappa shape index (κ1) is 12.4. The van der Waals surface area contributed by atoms with Gasteiger partial charge >= 0.3 is 0 Å². The second kappa shape index (κ2) is 5.22. The van der Waals surface area contributed by atoms with Crippen molar-refractivity contribution < 1.29 is 4.79 Å². The average molecular weight is 186 g/mol. The van der Waals surface area contributed by atoms with Gasteiger partial charge in [-0.15, -0.1) is 0 Å². The maximum Gasteiger partial charge on any atom is 0.239 e. The van der Waals surface area contributed by atoms with Crippen LogP contribution in [0.25, 0.3) is 0 Å². The highest BCUT2D eigenvalue weighted by Gasteiger charge is 2.26. The molecule has 3 nitrogen and oxygen atoms in total. The van der Waals surface area contributed by atoms with Crippen LogP contribution in [0.3, 0.4) is 0 Å². The van der Waals surface area contributed by atoms with E-state index in [0.29, 0.717) is 12.5 Å². The van der Waals surface area contributed by atoms with Crippen molar-refractivity contribution in [3.8, 4) is 0 Å². The van der Waals surface area contributed by atoms with Crippen LogP contribution >= 0.6 is 0 Å². The molecule has 0 spiro atoms. The summed E-state index contributed by atoms with van der Waals surface area (Å²) >= 11 is 0. The van der Waals surface area contributed by atoms with Gasteiger partial charge in [-0.05, 0) is 19.3 Å². The van der Waals surface area contributed by atoms with Crippen LogP contribution < -0.4 is 11.1 Å². The minimum Gasteiger partial charge on any atom is -0.354 e. The summed E-state index contributed by atoms with van der Waals surface area (Å²) in [5, 5.41) is 2.84. The largest absolute Gasteiger partial charge is 0.354 e. The summed E-state index contributed by atoms with van der Waals surface area (Å²) in [7, 11) is 0. The lowest BCUT2D eigenvalue weighted by Gasteiger charge is -2.23. The molecule has 0 aromatic heterocycles. The maximum atomic E-state index is 11.5. The molecule has 0 rings (SSSR count). The Kier molecular flexibility index (Phi) is 4.99. The molecule has 0 aromatic carbocycles. The fraction of sp³-hybridized carbons (Fsp3) is 0.900. The lowest BCUT2D eigenvalue weighted by atomic mass is 9.96. The van der Waals surface area contributed by atoms with E-state index in [1.165, 1.54) is 0 Å². The second-order valence-electron chi connectivity index (χ2n) is 4.27. The van der Waals surface area contributed by atoms with Crippen LogP contribution in [0.4, 0.5) is 0 Å². The van der Waals surface area contributed by atoms with E-state index in [2.05, 4.69) is 19.2 Å². The molecule has 0 fully saturated rings. The smallest absolute Gasteiger partial charge is 0.239 e. The first-order valence-electron chi connectivity index (χ1n) is 4.97. The maximum absolute atomic E-state index is 11.5. The predicted molar refractivity (Wildman–Crippen MR) is 55.3 cm³/mol. The Balaban J connectivity index is 3.94. The number of nitrogens with two attached hydrogens (primary N) is 1. The molecule has 1 atom stereocenters. The summed E-state index contributed by atoms with van der Waals surface area (Å²) in [6.07, 6.45) is 1.67. The Morgan fingerprint density at radius 1 is 1.54 bits per heavy atom. The van der Waals surface area contributed by atoms with E-state index in [-0.39, 0.29) is 5.91 Å². The number of amides is 1. The minimum absolute atomic E-state index is 0.0388. The van der Waals surface area contributed by atoms with E-state index in [9.17, 15) is 4.79 Å². The van der Waals surface area contributed by atoms with Crippen molar-refractivity contribution in [2.45, 2.75) is 46.1 Å². The molecular weight excluding hydrogens is 164 g/mol. The Morgan fingerprint density at radius 3 is 2.46 bits per heavy atom. The Hall–Kier alpha value is -0.570. The standard InChI is InChI=1S/C10H22N2O/c1-5-6-10(4,11)9(13)12-7-8(2)3/h8H,5-7,11H2,1-4H3,(H,12,13). The highest BCUT2D eigenvalue weighted by molar-refractivity contribution is 5.85. The first-order valence-corrected chi connectivity index (χ1v) is 4.97. The fourth-order valence-electron chi connectivity index (χ4n) is 1.13. The van der Waals surface area contributed by atoms with Crippen LogP contribution in [-0.2, 0) is 4.79 Å². The summed E-state index contributed by atoms with van der Waals surface area (Å²) in [6.45, 7) is 8.64. The molecule has 0 bridgehead atoms. The van der Waals surface area contributed by atoms with Gasteiger partial charge in [-0.25, -0.2) is 0 Å². The number of carbonyl (C=O) groups is 1. The van der Waals surface area contributed by atoms with Crippen molar-refractivity contribution in [2.24, 2.45) is 11.7 Å². The van der Waals surface area contributed by atoms with E-state index in [0.717, 1.165) is 12.8 Å². The zero-order valence-corrected chi connectivity index (χ0v) is 9.18. The molecule has 78 valence electrons. The quantitative estimate of drug-likeness (QED) is 0.679. The molecule has 0 aromatic rings. The Morgan fingerprint density at radius 2 is 2.08 bits per heavy atom. The lowest BCUT2D eigenvalue weighted by molar-refractivity contribution is -0.126. The zero-order valence-electron chi connectivity index (χ0n) is 9.18. The van der Waals surface area contributed by atoms with E-state index >= 15 is 0 Å². The summed E-state index contributed by atoms with van der Waals surface area (Å²) < 4.78 is 0. The highest BCUT2D eigenvalue weighted by atomic mass is 16.2. The third-order valence-electron chi connectivity index (χ3n) is 1.96. The van der Waals surface area contributed by atoms with Crippen LogP contribution in [-0.4, -0.2) is 18.0 Å². The molecule has 0 aliphatic carbocycles. The van der Waals surface area contributed by atoms with Gasteiger partial charge in [0.15, 0.2) is 0 Å². The van der Waals surface area contributed by atoms with Crippen LogP contribution in [0.15, 0.2) is 0 Å². The van der Waals surface area contributed by atoms with Crippen molar-refractivity contribution in [1.82, 2.24) is 5.32 Å². The van der Waals surface area contributed by atoms with Gasteiger partial charge in [0.05, 0.1) is 5.54 Å². The average Bonchev–Trinajstić information content (AvgIpc) is 1.99. The molecule has 0 aliphatic rings. The minimum atomic E-state index is -0.705. The molecule has 1 unspecified atom stereocenters. The Labute approximate surface area is 81.1 Å². The van der Waals surface area contributed by atoms with Gasteiger partial charge in [0.2, 0.25) is 5.91 Å². The van der Waals surface area contributed by atoms with E-state index < -0.39 is 5.54 Å². The number of carbonyl (C=O) groups excluding carboxylic acids is 1. The zero-order chi connectivity index (χ0) is 10.5. The summed E-state index contributed by atoms with van der Waals surface area (Å²) in [5.74, 6) is 0.435.